The van der Waals surface area contributed by atoms with E-state index in [0.717, 1.165) is 6.29 Å². The first-order valence-electron chi connectivity index (χ1n) is 1.84. The molecule has 0 aliphatic carbocycles. The number of hydrazine groups is 1. The Labute approximate surface area is 47.0 Å². The van der Waals surface area contributed by atoms with Gasteiger partial charge in [0.25, 0.3) is 0 Å². The Balaban J connectivity index is 0. The Kier molecular flexibility index (Phi) is 11.6. The first kappa shape index (κ1) is 10.0. The zero-order chi connectivity index (χ0) is 6.99. The quantitative estimate of drug-likeness (QED) is 0.160. The molecule has 0 saturated heterocycles. The van der Waals surface area contributed by atoms with Gasteiger partial charge >= 0.3 is 6.03 Å². The number of rotatable bonds is 0. The SMILES string of the molecule is CC=O.NNC(N)=O. The highest BCUT2D eigenvalue weighted by molar-refractivity contribution is 5.70. The fourth-order valence-corrected chi connectivity index (χ4v) is 0. The molecule has 8 heavy (non-hydrogen) atoms. The number of nitrogens with two attached hydrogens (primary N) is 2. The lowest BCUT2D eigenvalue weighted by Gasteiger charge is -1.81. The molecule has 0 aromatic carbocycles. The van der Waals surface area contributed by atoms with Gasteiger partial charge in [-0.15, -0.1) is 0 Å². The summed E-state index contributed by atoms with van der Waals surface area (Å²) in [5, 5.41) is 0. The van der Waals surface area contributed by atoms with Crippen molar-refractivity contribution in [1.29, 1.82) is 0 Å². The zero-order valence-corrected chi connectivity index (χ0v) is 4.55. The molecule has 0 heterocycles. The summed E-state index contributed by atoms with van der Waals surface area (Å²) in [6.45, 7) is 1.44. The summed E-state index contributed by atoms with van der Waals surface area (Å²) in [6, 6.07) is -0.718. The molecule has 0 atom stereocenters. The Bertz CT molecular complexity index is 72.9. The minimum absolute atomic E-state index is 0.718. The van der Waals surface area contributed by atoms with E-state index in [2.05, 4.69) is 11.6 Å². The first-order chi connectivity index (χ1) is 3.68. The topological polar surface area (TPSA) is 98.2 Å². The highest BCUT2D eigenvalue weighted by atomic mass is 16.2. The van der Waals surface area contributed by atoms with E-state index in [0.29, 0.717) is 0 Å². The summed E-state index contributed by atoms with van der Waals surface area (Å²) < 4.78 is 0. The van der Waals surface area contributed by atoms with E-state index in [1.807, 2.05) is 0 Å². The molecule has 2 amide bonds. The maximum Gasteiger partial charge on any atom is 0.326 e. The van der Waals surface area contributed by atoms with E-state index < -0.39 is 6.03 Å². The molecule has 0 spiro atoms. The molecule has 5 nitrogen and oxygen atoms in total. The molecule has 0 fully saturated rings. The Hall–Kier alpha value is -1.10. The van der Waals surface area contributed by atoms with Gasteiger partial charge in [-0.05, 0) is 6.92 Å². The largest absolute Gasteiger partial charge is 0.351 e. The number of aldehydes is 1. The monoisotopic (exact) mass is 119 g/mol. The van der Waals surface area contributed by atoms with Gasteiger partial charge in [0.05, 0.1) is 0 Å². The van der Waals surface area contributed by atoms with Crippen LogP contribution in [0.4, 0.5) is 4.79 Å². The van der Waals surface area contributed by atoms with Crippen LogP contribution in [0.2, 0.25) is 0 Å². The third-order valence-electron chi connectivity index (χ3n) is 0.142. The lowest BCUT2D eigenvalue weighted by atomic mass is 11.0. The summed E-state index contributed by atoms with van der Waals surface area (Å²) in [6.07, 6.45) is 0.750. The number of hydrogen-bond acceptors (Lipinski definition) is 3. The highest BCUT2D eigenvalue weighted by Gasteiger charge is 1.73. The third kappa shape index (κ3) is 92.0. The summed E-state index contributed by atoms with van der Waals surface area (Å²) in [5.74, 6) is 4.45. The summed E-state index contributed by atoms with van der Waals surface area (Å²) >= 11 is 0. The van der Waals surface area contributed by atoms with Crippen LogP contribution in [0.25, 0.3) is 0 Å². The lowest BCUT2D eigenvalue weighted by Crippen LogP contribution is -2.34. The van der Waals surface area contributed by atoms with Crippen molar-refractivity contribution in [2.24, 2.45) is 11.6 Å². The van der Waals surface area contributed by atoms with Gasteiger partial charge in [0.15, 0.2) is 0 Å². The normalized spacial score (nSPS) is 5.75. The van der Waals surface area contributed by atoms with Crippen LogP contribution < -0.4 is 17.0 Å². The van der Waals surface area contributed by atoms with Gasteiger partial charge in [-0.1, -0.05) is 0 Å². The lowest BCUT2D eigenvalue weighted by molar-refractivity contribution is -0.106. The molecule has 0 aliphatic heterocycles. The van der Waals surface area contributed by atoms with E-state index in [1.165, 1.54) is 6.92 Å². The number of amides is 2. The van der Waals surface area contributed by atoms with Crippen molar-refractivity contribution in [3.8, 4) is 0 Å². The van der Waals surface area contributed by atoms with Crippen molar-refractivity contribution in [2.75, 3.05) is 0 Å². The van der Waals surface area contributed by atoms with Crippen molar-refractivity contribution in [2.45, 2.75) is 6.92 Å². The summed E-state index contributed by atoms with van der Waals surface area (Å²) in [5.41, 5.74) is 6.08. The number of carbonyl (C=O) groups excluding carboxylic acids is 2. The summed E-state index contributed by atoms with van der Waals surface area (Å²) in [4.78, 5) is 18.2. The van der Waals surface area contributed by atoms with Crippen LogP contribution in [-0.2, 0) is 4.79 Å². The first-order valence-corrected chi connectivity index (χ1v) is 1.84. The molecule has 0 rings (SSSR count). The molecule has 0 aliphatic rings. The fraction of sp³-hybridized carbons (Fsp3) is 0.333. The Morgan fingerprint density at radius 1 is 1.75 bits per heavy atom. The summed E-state index contributed by atoms with van der Waals surface area (Å²) in [7, 11) is 0. The van der Waals surface area contributed by atoms with E-state index in [9.17, 15) is 4.79 Å². The molecular weight excluding hydrogens is 110 g/mol. The Morgan fingerprint density at radius 2 is 1.88 bits per heavy atom. The zero-order valence-electron chi connectivity index (χ0n) is 4.55. The van der Waals surface area contributed by atoms with Crippen molar-refractivity contribution in [3.63, 3.8) is 0 Å². The standard InChI is InChI=1S/C2H4O.CH5N3O/c1-2-3;2-1(5)4-3/h2H,1H3;3H2,(H3,2,4,5). The third-order valence-corrected chi connectivity index (χ3v) is 0.142. The molecular formula is C3H9N3O2. The van der Waals surface area contributed by atoms with E-state index in [4.69, 9.17) is 4.79 Å². The van der Waals surface area contributed by atoms with Gasteiger partial charge in [0.2, 0.25) is 0 Å². The van der Waals surface area contributed by atoms with Crippen LogP contribution in [0.5, 0.6) is 0 Å². The number of urea groups is 1. The van der Waals surface area contributed by atoms with Gasteiger partial charge in [0, 0.05) is 0 Å². The molecule has 48 valence electrons. The molecule has 0 aromatic heterocycles. The van der Waals surface area contributed by atoms with Gasteiger partial charge in [0.1, 0.15) is 6.29 Å². The van der Waals surface area contributed by atoms with Crippen molar-refractivity contribution in [3.05, 3.63) is 0 Å². The number of hydrogen-bond donors (Lipinski definition) is 3. The predicted molar refractivity (Wildman–Crippen MR) is 28.6 cm³/mol. The maximum absolute atomic E-state index is 9.35. The minimum Gasteiger partial charge on any atom is -0.351 e. The average Bonchev–Trinajstić information content (AvgIpc) is 1.69. The molecule has 0 aromatic rings. The van der Waals surface area contributed by atoms with Crippen molar-refractivity contribution >= 4 is 12.3 Å². The second-order valence-electron chi connectivity index (χ2n) is 0.744. The van der Waals surface area contributed by atoms with Crippen LogP contribution in [0, 0.1) is 0 Å². The second kappa shape index (κ2) is 9.31. The van der Waals surface area contributed by atoms with E-state index in [1.54, 1.807) is 5.43 Å². The molecule has 0 saturated carbocycles. The number of carbonyl (C=O) groups is 2. The van der Waals surface area contributed by atoms with Crippen LogP contribution in [0.1, 0.15) is 6.92 Å². The van der Waals surface area contributed by atoms with Gasteiger partial charge in [-0.2, -0.15) is 0 Å². The number of primary amides is 1. The predicted octanol–water partition coefficient (Wildman–Crippen LogP) is -1.27. The van der Waals surface area contributed by atoms with Crippen LogP contribution in [0.3, 0.4) is 0 Å². The molecule has 0 bridgehead atoms. The molecule has 5 N–H and O–H groups in total. The number of nitrogens with one attached hydrogen (secondary N) is 1. The van der Waals surface area contributed by atoms with Crippen LogP contribution in [-0.4, -0.2) is 12.3 Å². The fourth-order valence-electron chi connectivity index (χ4n) is 0. The van der Waals surface area contributed by atoms with Crippen molar-refractivity contribution in [1.82, 2.24) is 5.43 Å². The molecule has 0 radical (unpaired) electrons. The van der Waals surface area contributed by atoms with Gasteiger partial charge in [-0.3, -0.25) is 5.43 Å². The van der Waals surface area contributed by atoms with Gasteiger partial charge in [-0.25, -0.2) is 10.6 Å². The van der Waals surface area contributed by atoms with Crippen molar-refractivity contribution < 1.29 is 9.59 Å². The Morgan fingerprint density at radius 3 is 1.88 bits per heavy atom. The molecule has 5 heteroatoms. The average molecular weight is 119 g/mol. The van der Waals surface area contributed by atoms with Crippen LogP contribution >= 0.6 is 0 Å². The molecule has 0 unspecified atom stereocenters. The van der Waals surface area contributed by atoms with Gasteiger partial charge < -0.3 is 10.5 Å². The smallest absolute Gasteiger partial charge is 0.326 e. The second-order valence-corrected chi connectivity index (χ2v) is 0.744. The van der Waals surface area contributed by atoms with Crippen LogP contribution in [0.15, 0.2) is 0 Å². The highest BCUT2D eigenvalue weighted by Crippen LogP contribution is 1.34. The maximum atomic E-state index is 9.35. The minimum atomic E-state index is -0.718. The van der Waals surface area contributed by atoms with E-state index in [-0.39, 0.29) is 0 Å². The van der Waals surface area contributed by atoms with E-state index >= 15 is 0 Å².